The second-order valence-corrected chi connectivity index (χ2v) is 8.32. The molecule has 1 aromatic carbocycles. The van der Waals surface area contributed by atoms with Crippen LogP contribution in [0.3, 0.4) is 0 Å². The minimum atomic E-state index is -0.0521. The van der Waals surface area contributed by atoms with Gasteiger partial charge >= 0.3 is 5.69 Å². The van der Waals surface area contributed by atoms with E-state index in [1.165, 1.54) is 0 Å². The molecule has 0 spiro atoms. The predicted octanol–water partition coefficient (Wildman–Crippen LogP) is 3.58. The van der Waals surface area contributed by atoms with Crippen LogP contribution in [-0.2, 0) is 20.0 Å². The fraction of sp³-hybridized carbons (Fsp3) is 0.381. The fourth-order valence-corrected chi connectivity index (χ4v) is 3.66. The molecule has 4 rings (SSSR count). The normalized spacial score (nSPS) is 14.2. The number of benzene rings is 1. The lowest BCUT2D eigenvalue weighted by Crippen LogP contribution is -2.27. The third kappa shape index (κ3) is 2.68. The molecule has 0 N–H and O–H groups in total. The molecule has 0 saturated heterocycles. The topological polar surface area (TPSA) is 56.9 Å². The summed E-state index contributed by atoms with van der Waals surface area (Å²) in [5.41, 5.74) is 5.07. The molecule has 0 saturated carbocycles. The minimum absolute atomic E-state index is 0.00285. The number of Topliss-reactive ketones (excluding diaryl/α,β-unsaturated/α-hetero) is 1. The van der Waals surface area contributed by atoms with Crippen molar-refractivity contribution in [1.82, 2.24) is 14.1 Å². The SMILES string of the molecule is Cn1c(=O)n(CC(C)(C)C)c2ccc(-c3ccc4c(c3)C(=O)CC4)nc21. The molecule has 2 aromatic heterocycles. The maximum atomic E-state index is 12.7. The van der Waals surface area contributed by atoms with E-state index in [0.29, 0.717) is 18.6 Å². The third-order valence-corrected chi connectivity index (χ3v) is 4.94. The van der Waals surface area contributed by atoms with E-state index >= 15 is 0 Å². The standard InChI is InChI=1S/C21H23N3O2/c1-21(2,3)12-24-17-9-8-16(22-19(17)23(4)20(24)26)14-6-5-13-7-10-18(25)15(13)11-14/h5-6,8-9,11H,7,10,12H2,1-4H3. The number of pyridine rings is 1. The first-order valence-electron chi connectivity index (χ1n) is 8.97. The van der Waals surface area contributed by atoms with E-state index in [9.17, 15) is 9.59 Å². The van der Waals surface area contributed by atoms with Crippen molar-refractivity contribution < 1.29 is 4.79 Å². The zero-order chi connectivity index (χ0) is 18.6. The van der Waals surface area contributed by atoms with Crippen LogP contribution in [-0.4, -0.2) is 19.9 Å². The number of hydrogen-bond acceptors (Lipinski definition) is 3. The monoisotopic (exact) mass is 349 g/mol. The van der Waals surface area contributed by atoms with Crippen molar-refractivity contribution in [3.8, 4) is 11.3 Å². The van der Waals surface area contributed by atoms with Gasteiger partial charge < -0.3 is 0 Å². The zero-order valence-corrected chi connectivity index (χ0v) is 15.7. The van der Waals surface area contributed by atoms with Crippen molar-refractivity contribution in [3.05, 3.63) is 51.9 Å². The number of fused-ring (bicyclic) bond motifs is 2. The van der Waals surface area contributed by atoms with E-state index in [4.69, 9.17) is 4.98 Å². The quantitative estimate of drug-likeness (QED) is 0.710. The molecule has 0 aliphatic heterocycles. The Kier molecular flexibility index (Phi) is 3.65. The lowest BCUT2D eigenvalue weighted by molar-refractivity contribution is 0.0994. The maximum Gasteiger partial charge on any atom is 0.330 e. The van der Waals surface area contributed by atoms with Crippen LogP contribution in [0.5, 0.6) is 0 Å². The van der Waals surface area contributed by atoms with Gasteiger partial charge in [0, 0.05) is 31.1 Å². The van der Waals surface area contributed by atoms with Crippen LogP contribution >= 0.6 is 0 Å². The molecular weight excluding hydrogens is 326 g/mol. The van der Waals surface area contributed by atoms with Gasteiger partial charge in [-0.25, -0.2) is 9.78 Å². The lowest BCUT2D eigenvalue weighted by Gasteiger charge is -2.18. The van der Waals surface area contributed by atoms with Crippen molar-refractivity contribution in [2.75, 3.05) is 0 Å². The average Bonchev–Trinajstić information content (AvgIpc) is 3.07. The average molecular weight is 349 g/mol. The second kappa shape index (κ2) is 5.66. The minimum Gasteiger partial charge on any atom is -0.294 e. The number of aryl methyl sites for hydroxylation is 2. The Balaban J connectivity index is 1.85. The molecule has 0 unspecified atom stereocenters. The van der Waals surface area contributed by atoms with E-state index in [2.05, 4.69) is 20.8 Å². The molecule has 0 amide bonds. The summed E-state index contributed by atoms with van der Waals surface area (Å²) >= 11 is 0. The number of carbonyl (C=O) groups excluding carboxylic acids is 1. The summed E-state index contributed by atoms with van der Waals surface area (Å²) in [5.74, 6) is 0.201. The largest absolute Gasteiger partial charge is 0.330 e. The summed E-state index contributed by atoms with van der Waals surface area (Å²) in [4.78, 5) is 29.4. The van der Waals surface area contributed by atoms with E-state index in [1.807, 2.05) is 30.3 Å². The van der Waals surface area contributed by atoms with Crippen molar-refractivity contribution >= 4 is 16.9 Å². The summed E-state index contributed by atoms with van der Waals surface area (Å²) in [7, 11) is 1.76. The first-order chi connectivity index (χ1) is 12.2. The van der Waals surface area contributed by atoms with E-state index in [0.717, 1.165) is 34.3 Å². The van der Waals surface area contributed by atoms with Crippen LogP contribution in [0, 0.1) is 5.41 Å². The smallest absolute Gasteiger partial charge is 0.294 e. The molecule has 5 nitrogen and oxygen atoms in total. The van der Waals surface area contributed by atoms with Gasteiger partial charge in [-0.2, -0.15) is 0 Å². The van der Waals surface area contributed by atoms with Crippen LogP contribution in [0.1, 0.15) is 43.1 Å². The molecule has 0 bridgehead atoms. The number of aromatic nitrogens is 3. The molecular formula is C21H23N3O2. The summed E-state index contributed by atoms with van der Waals surface area (Å²) in [6, 6.07) is 9.85. The van der Waals surface area contributed by atoms with E-state index in [1.54, 1.807) is 16.2 Å². The molecule has 1 aliphatic rings. The van der Waals surface area contributed by atoms with Gasteiger partial charge in [0.25, 0.3) is 0 Å². The fourth-order valence-electron chi connectivity index (χ4n) is 3.66. The Morgan fingerprint density at radius 1 is 1.08 bits per heavy atom. The first-order valence-corrected chi connectivity index (χ1v) is 8.97. The Bertz CT molecular complexity index is 1100. The highest BCUT2D eigenvalue weighted by molar-refractivity contribution is 6.01. The molecule has 3 aromatic rings. The summed E-state index contributed by atoms with van der Waals surface area (Å²) in [6.07, 6.45) is 1.42. The Hall–Kier alpha value is -2.69. The van der Waals surface area contributed by atoms with Crippen LogP contribution in [0.2, 0.25) is 0 Å². The van der Waals surface area contributed by atoms with Gasteiger partial charge in [0.1, 0.15) is 0 Å². The number of nitrogens with zero attached hydrogens (tertiary/aromatic N) is 3. The van der Waals surface area contributed by atoms with E-state index in [-0.39, 0.29) is 16.9 Å². The van der Waals surface area contributed by atoms with Gasteiger partial charge in [-0.3, -0.25) is 13.9 Å². The number of rotatable bonds is 2. The Morgan fingerprint density at radius 3 is 2.58 bits per heavy atom. The predicted molar refractivity (Wildman–Crippen MR) is 103 cm³/mol. The highest BCUT2D eigenvalue weighted by atomic mass is 16.1. The molecule has 134 valence electrons. The summed E-state index contributed by atoms with van der Waals surface area (Å²) in [6.45, 7) is 6.97. The van der Waals surface area contributed by atoms with Crippen LogP contribution in [0.25, 0.3) is 22.4 Å². The van der Waals surface area contributed by atoms with Crippen molar-refractivity contribution in [3.63, 3.8) is 0 Å². The van der Waals surface area contributed by atoms with Gasteiger partial charge in [-0.05, 0) is 35.6 Å². The van der Waals surface area contributed by atoms with Crippen molar-refractivity contribution in [1.29, 1.82) is 0 Å². The number of imidazole rings is 1. The molecule has 26 heavy (non-hydrogen) atoms. The Morgan fingerprint density at radius 2 is 1.85 bits per heavy atom. The number of hydrogen-bond donors (Lipinski definition) is 0. The van der Waals surface area contributed by atoms with Crippen LogP contribution < -0.4 is 5.69 Å². The van der Waals surface area contributed by atoms with Gasteiger partial charge in [0.2, 0.25) is 0 Å². The molecule has 0 fully saturated rings. The van der Waals surface area contributed by atoms with Gasteiger partial charge in [-0.15, -0.1) is 0 Å². The highest BCUT2D eigenvalue weighted by Crippen LogP contribution is 2.28. The van der Waals surface area contributed by atoms with Gasteiger partial charge in [0.05, 0.1) is 11.2 Å². The van der Waals surface area contributed by atoms with Crippen LogP contribution in [0.4, 0.5) is 0 Å². The summed E-state index contributed by atoms with van der Waals surface area (Å²) < 4.78 is 3.39. The second-order valence-electron chi connectivity index (χ2n) is 8.32. The third-order valence-electron chi connectivity index (χ3n) is 4.94. The summed E-state index contributed by atoms with van der Waals surface area (Å²) in [5, 5.41) is 0. The molecule has 2 heterocycles. The lowest BCUT2D eigenvalue weighted by atomic mass is 9.97. The van der Waals surface area contributed by atoms with Gasteiger partial charge in [-0.1, -0.05) is 32.9 Å². The van der Waals surface area contributed by atoms with Gasteiger partial charge in [0.15, 0.2) is 11.4 Å². The number of carbonyl (C=O) groups is 1. The van der Waals surface area contributed by atoms with Crippen LogP contribution in [0.15, 0.2) is 35.1 Å². The molecule has 0 radical (unpaired) electrons. The van der Waals surface area contributed by atoms with Crippen molar-refractivity contribution in [2.24, 2.45) is 12.5 Å². The molecule has 0 atom stereocenters. The molecule has 1 aliphatic carbocycles. The highest BCUT2D eigenvalue weighted by Gasteiger charge is 2.21. The zero-order valence-electron chi connectivity index (χ0n) is 15.7. The molecule has 5 heteroatoms. The maximum absolute atomic E-state index is 12.7. The Labute approximate surface area is 152 Å². The van der Waals surface area contributed by atoms with Crippen molar-refractivity contribution in [2.45, 2.75) is 40.2 Å². The van der Waals surface area contributed by atoms with E-state index < -0.39 is 0 Å². The number of ketones is 1. The first kappa shape index (κ1) is 16.8.